The van der Waals surface area contributed by atoms with Crippen molar-refractivity contribution in [3.63, 3.8) is 0 Å². The fourth-order valence-electron chi connectivity index (χ4n) is 1.48. The standard InChI is InChI=1S/C11H9BrO2/c1-14-11-9-4-3-8(12)6-7(9)2-5-10(11)13/h2-6,13H,1H3. The van der Waals surface area contributed by atoms with E-state index in [4.69, 9.17) is 4.74 Å². The highest BCUT2D eigenvalue weighted by atomic mass is 79.9. The Kier molecular flexibility index (Phi) is 2.33. The molecule has 3 heteroatoms. The number of halogens is 1. The summed E-state index contributed by atoms with van der Waals surface area (Å²) in [6.45, 7) is 0. The second kappa shape index (κ2) is 3.50. The zero-order valence-corrected chi connectivity index (χ0v) is 9.21. The molecule has 2 aromatic carbocycles. The Hall–Kier alpha value is -1.22. The van der Waals surface area contributed by atoms with E-state index in [1.54, 1.807) is 13.2 Å². The number of hydrogen-bond acceptors (Lipinski definition) is 2. The number of hydrogen-bond donors (Lipinski definition) is 1. The van der Waals surface area contributed by atoms with Crippen LogP contribution in [0.5, 0.6) is 11.5 Å². The summed E-state index contributed by atoms with van der Waals surface area (Å²) in [5.74, 6) is 0.692. The van der Waals surface area contributed by atoms with Crippen molar-refractivity contribution in [1.82, 2.24) is 0 Å². The van der Waals surface area contributed by atoms with Crippen LogP contribution in [0, 0.1) is 0 Å². The molecule has 0 aliphatic heterocycles. The van der Waals surface area contributed by atoms with Crippen LogP contribution in [-0.2, 0) is 0 Å². The molecule has 0 atom stereocenters. The van der Waals surface area contributed by atoms with Crippen molar-refractivity contribution < 1.29 is 9.84 Å². The Bertz CT molecular complexity index is 480. The zero-order chi connectivity index (χ0) is 10.1. The molecule has 14 heavy (non-hydrogen) atoms. The normalized spacial score (nSPS) is 10.4. The van der Waals surface area contributed by atoms with Crippen LogP contribution >= 0.6 is 15.9 Å². The lowest BCUT2D eigenvalue weighted by Crippen LogP contribution is -1.85. The number of fused-ring (bicyclic) bond motifs is 1. The highest BCUT2D eigenvalue weighted by Crippen LogP contribution is 2.35. The average molecular weight is 253 g/mol. The smallest absolute Gasteiger partial charge is 0.168 e. The SMILES string of the molecule is COc1c(O)ccc2cc(Br)ccc12. The molecule has 0 aliphatic rings. The van der Waals surface area contributed by atoms with E-state index in [1.165, 1.54) is 0 Å². The largest absolute Gasteiger partial charge is 0.504 e. The third kappa shape index (κ3) is 1.44. The van der Waals surface area contributed by atoms with Gasteiger partial charge in [0.25, 0.3) is 0 Å². The van der Waals surface area contributed by atoms with Crippen LogP contribution in [0.2, 0.25) is 0 Å². The van der Waals surface area contributed by atoms with Gasteiger partial charge in [-0.2, -0.15) is 0 Å². The van der Waals surface area contributed by atoms with Gasteiger partial charge in [-0.25, -0.2) is 0 Å². The van der Waals surface area contributed by atoms with Gasteiger partial charge in [0.05, 0.1) is 7.11 Å². The van der Waals surface area contributed by atoms with Crippen LogP contribution in [0.25, 0.3) is 10.8 Å². The van der Waals surface area contributed by atoms with Gasteiger partial charge in [0.1, 0.15) is 0 Å². The Morgan fingerprint density at radius 2 is 2.00 bits per heavy atom. The minimum atomic E-state index is 0.169. The van der Waals surface area contributed by atoms with Crippen molar-refractivity contribution in [2.24, 2.45) is 0 Å². The molecule has 2 aromatic rings. The van der Waals surface area contributed by atoms with Crippen LogP contribution < -0.4 is 4.74 Å². The molecule has 72 valence electrons. The molecule has 0 saturated heterocycles. The van der Waals surface area contributed by atoms with Crippen LogP contribution in [-0.4, -0.2) is 12.2 Å². The van der Waals surface area contributed by atoms with E-state index in [1.807, 2.05) is 24.3 Å². The molecule has 0 fully saturated rings. The van der Waals surface area contributed by atoms with E-state index in [0.717, 1.165) is 15.2 Å². The molecular formula is C11H9BrO2. The second-order valence-electron chi connectivity index (χ2n) is 2.98. The fourth-order valence-corrected chi connectivity index (χ4v) is 1.85. The maximum Gasteiger partial charge on any atom is 0.168 e. The summed E-state index contributed by atoms with van der Waals surface area (Å²) in [4.78, 5) is 0. The first kappa shape index (κ1) is 9.34. The Morgan fingerprint density at radius 1 is 1.21 bits per heavy atom. The lowest BCUT2D eigenvalue weighted by atomic mass is 10.1. The van der Waals surface area contributed by atoms with Gasteiger partial charge in [-0.1, -0.05) is 22.0 Å². The zero-order valence-electron chi connectivity index (χ0n) is 7.62. The third-order valence-electron chi connectivity index (χ3n) is 2.12. The van der Waals surface area contributed by atoms with E-state index in [0.29, 0.717) is 5.75 Å². The monoisotopic (exact) mass is 252 g/mol. The second-order valence-corrected chi connectivity index (χ2v) is 3.90. The lowest BCUT2D eigenvalue weighted by Gasteiger charge is -2.07. The van der Waals surface area contributed by atoms with Crippen LogP contribution in [0.4, 0.5) is 0 Å². The number of benzene rings is 2. The summed E-state index contributed by atoms with van der Waals surface area (Å²) < 4.78 is 6.14. The molecule has 2 rings (SSSR count). The predicted molar refractivity (Wildman–Crippen MR) is 59.9 cm³/mol. The van der Waals surface area contributed by atoms with Crippen molar-refractivity contribution in [2.45, 2.75) is 0 Å². The summed E-state index contributed by atoms with van der Waals surface area (Å²) in [6.07, 6.45) is 0. The Labute approximate surface area is 90.3 Å². The summed E-state index contributed by atoms with van der Waals surface area (Å²) in [5, 5.41) is 11.5. The summed E-state index contributed by atoms with van der Waals surface area (Å²) >= 11 is 3.39. The van der Waals surface area contributed by atoms with Crippen molar-refractivity contribution in [2.75, 3.05) is 7.11 Å². The average Bonchev–Trinajstić information content (AvgIpc) is 2.18. The predicted octanol–water partition coefficient (Wildman–Crippen LogP) is 3.32. The molecular weight excluding hydrogens is 244 g/mol. The maximum absolute atomic E-state index is 9.54. The quantitative estimate of drug-likeness (QED) is 0.844. The van der Waals surface area contributed by atoms with E-state index in [9.17, 15) is 5.11 Å². The number of ether oxygens (including phenoxy) is 1. The molecule has 0 radical (unpaired) electrons. The van der Waals surface area contributed by atoms with Gasteiger partial charge in [0.2, 0.25) is 0 Å². The summed E-state index contributed by atoms with van der Waals surface area (Å²) in [5.41, 5.74) is 0. The van der Waals surface area contributed by atoms with Crippen molar-refractivity contribution in [3.8, 4) is 11.5 Å². The molecule has 0 saturated carbocycles. The van der Waals surface area contributed by atoms with Gasteiger partial charge < -0.3 is 9.84 Å². The van der Waals surface area contributed by atoms with Gasteiger partial charge in [-0.15, -0.1) is 0 Å². The molecule has 0 unspecified atom stereocenters. The molecule has 0 bridgehead atoms. The summed E-state index contributed by atoms with van der Waals surface area (Å²) in [7, 11) is 1.55. The topological polar surface area (TPSA) is 29.5 Å². The molecule has 0 amide bonds. The first-order valence-corrected chi connectivity index (χ1v) is 4.97. The molecule has 0 spiro atoms. The number of methoxy groups -OCH3 is 1. The molecule has 1 N–H and O–H groups in total. The van der Waals surface area contributed by atoms with E-state index >= 15 is 0 Å². The first-order chi connectivity index (χ1) is 6.72. The molecule has 0 aromatic heterocycles. The van der Waals surface area contributed by atoms with Gasteiger partial charge in [-0.3, -0.25) is 0 Å². The first-order valence-electron chi connectivity index (χ1n) is 4.17. The van der Waals surface area contributed by atoms with E-state index in [2.05, 4.69) is 15.9 Å². The minimum Gasteiger partial charge on any atom is -0.504 e. The van der Waals surface area contributed by atoms with Crippen molar-refractivity contribution >= 4 is 26.7 Å². The summed E-state index contributed by atoms with van der Waals surface area (Å²) in [6, 6.07) is 9.31. The highest BCUT2D eigenvalue weighted by molar-refractivity contribution is 9.10. The van der Waals surface area contributed by atoms with Crippen molar-refractivity contribution in [3.05, 3.63) is 34.8 Å². The van der Waals surface area contributed by atoms with Gasteiger partial charge in [0, 0.05) is 9.86 Å². The van der Waals surface area contributed by atoms with Gasteiger partial charge in [-0.05, 0) is 29.7 Å². The number of aromatic hydroxyl groups is 1. The van der Waals surface area contributed by atoms with Gasteiger partial charge >= 0.3 is 0 Å². The third-order valence-corrected chi connectivity index (χ3v) is 2.61. The fraction of sp³-hybridized carbons (Fsp3) is 0.0909. The minimum absolute atomic E-state index is 0.169. The number of phenols is 1. The molecule has 2 nitrogen and oxygen atoms in total. The van der Waals surface area contributed by atoms with E-state index < -0.39 is 0 Å². The Balaban J connectivity index is 2.82. The van der Waals surface area contributed by atoms with Crippen LogP contribution in [0.15, 0.2) is 34.8 Å². The molecule has 0 aliphatic carbocycles. The number of rotatable bonds is 1. The highest BCUT2D eigenvalue weighted by Gasteiger charge is 2.06. The van der Waals surface area contributed by atoms with E-state index in [-0.39, 0.29) is 5.75 Å². The van der Waals surface area contributed by atoms with Crippen molar-refractivity contribution in [1.29, 1.82) is 0 Å². The maximum atomic E-state index is 9.54. The molecule has 0 heterocycles. The Morgan fingerprint density at radius 3 is 2.71 bits per heavy atom. The van der Waals surface area contributed by atoms with Gasteiger partial charge in [0.15, 0.2) is 11.5 Å². The number of phenolic OH excluding ortho intramolecular Hbond substituents is 1. The van der Waals surface area contributed by atoms with Crippen LogP contribution in [0.3, 0.4) is 0 Å². The van der Waals surface area contributed by atoms with Crippen LogP contribution in [0.1, 0.15) is 0 Å². The lowest BCUT2D eigenvalue weighted by molar-refractivity contribution is 0.378.